The van der Waals surface area contributed by atoms with Crippen LogP contribution in [-0.2, 0) is 0 Å². The first kappa shape index (κ1) is 20.9. The van der Waals surface area contributed by atoms with E-state index in [0.29, 0.717) is 16.7 Å². The smallest absolute Gasteiger partial charge is 0.136 e. The third kappa shape index (κ3) is 4.24. The maximum atomic E-state index is 8.46. The van der Waals surface area contributed by atoms with Crippen molar-refractivity contribution in [1.82, 2.24) is 0 Å². The van der Waals surface area contributed by atoms with Gasteiger partial charge in [0.25, 0.3) is 0 Å². The third-order valence-corrected chi connectivity index (χ3v) is 8.76. The Labute approximate surface area is 268 Å². The van der Waals surface area contributed by atoms with Gasteiger partial charge in [-0.1, -0.05) is 145 Å². The molecule has 0 saturated heterocycles. The van der Waals surface area contributed by atoms with Crippen LogP contribution in [-0.4, -0.2) is 0 Å². The molecule has 0 aliphatic carbocycles. The zero-order chi connectivity index (χ0) is 34.1. The molecule has 1 heteroatoms. The lowest BCUT2D eigenvalue weighted by atomic mass is 9.85. The van der Waals surface area contributed by atoms with Gasteiger partial charge in [0, 0.05) is 10.8 Å². The number of fused-ring (bicyclic) bond motifs is 5. The number of rotatable bonds is 4. The summed E-state index contributed by atoms with van der Waals surface area (Å²) in [7, 11) is 0. The van der Waals surface area contributed by atoms with E-state index in [1.165, 1.54) is 27.5 Å². The summed E-state index contributed by atoms with van der Waals surface area (Å²) in [5.41, 5.74) is 8.86. The molecule has 0 aliphatic rings. The molecule has 0 atom stereocenters. The second-order valence-electron chi connectivity index (χ2n) is 11.3. The molecule has 8 aromatic carbocycles. The molecule has 9 aromatic rings. The summed E-state index contributed by atoms with van der Waals surface area (Å²) < 4.78 is 47.6. The van der Waals surface area contributed by atoms with Gasteiger partial charge >= 0.3 is 0 Å². The van der Waals surface area contributed by atoms with E-state index >= 15 is 0 Å². The Morgan fingerprint density at radius 2 is 0.778 bits per heavy atom. The Hall–Kier alpha value is -5.92. The SMILES string of the molecule is [2H]c1c([2H])c([2H])c(-c2ccc3c(c2)oc2cc(-c4c5ccccc5c(-c5ccc(-c6ccccc6)cc5)c5ccccc45)ccc23)c([2H])c1[2H]. The average Bonchev–Trinajstić information content (AvgIpc) is 3.53. The van der Waals surface area contributed by atoms with Crippen molar-refractivity contribution < 1.29 is 11.3 Å². The summed E-state index contributed by atoms with van der Waals surface area (Å²) in [5, 5.41) is 6.47. The highest BCUT2D eigenvalue weighted by atomic mass is 16.3. The minimum Gasteiger partial charge on any atom is -0.456 e. The van der Waals surface area contributed by atoms with Crippen molar-refractivity contribution in [1.29, 1.82) is 0 Å². The van der Waals surface area contributed by atoms with Crippen LogP contribution in [0.25, 0.3) is 88.0 Å². The predicted molar refractivity (Wildman–Crippen MR) is 190 cm³/mol. The molecule has 210 valence electrons. The zero-order valence-corrected chi connectivity index (χ0v) is 24.2. The van der Waals surface area contributed by atoms with E-state index in [9.17, 15) is 0 Å². The first-order valence-electron chi connectivity index (χ1n) is 17.5. The molecular weight excluding hydrogens is 544 g/mol. The van der Waals surface area contributed by atoms with Crippen LogP contribution in [0.1, 0.15) is 6.85 Å². The number of furan rings is 1. The molecule has 0 bridgehead atoms. The highest BCUT2D eigenvalue weighted by Gasteiger charge is 2.18. The van der Waals surface area contributed by atoms with E-state index < -0.39 is 6.04 Å². The number of hydrogen-bond donors (Lipinski definition) is 0. The lowest BCUT2D eigenvalue weighted by Gasteiger charge is -2.18. The minimum atomic E-state index is -0.407. The van der Waals surface area contributed by atoms with E-state index in [4.69, 9.17) is 11.3 Å². The fraction of sp³-hybridized carbons (Fsp3) is 0. The van der Waals surface area contributed by atoms with Crippen LogP contribution in [0.15, 0.2) is 174 Å². The Morgan fingerprint density at radius 1 is 0.333 bits per heavy atom. The minimum absolute atomic E-state index is 0.159. The summed E-state index contributed by atoms with van der Waals surface area (Å²) in [5.74, 6) is 0. The number of hydrogen-bond acceptors (Lipinski definition) is 1. The largest absolute Gasteiger partial charge is 0.456 e. The van der Waals surface area contributed by atoms with E-state index in [1.807, 2.05) is 12.1 Å². The van der Waals surface area contributed by atoms with Crippen LogP contribution in [0, 0.1) is 0 Å². The Kier molecular flexibility index (Phi) is 4.81. The topological polar surface area (TPSA) is 13.1 Å². The molecular formula is C44H28O. The first-order chi connectivity index (χ1) is 24.4. The van der Waals surface area contributed by atoms with Crippen molar-refractivity contribution in [3.05, 3.63) is 170 Å². The fourth-order valence-electron chi connectivity index (χ4n) is 6.69. The highest BCUT2D eigenvalue weighted by Crippen LogP contribution is 2.45. The van der Waals surface area contributed by atoms with Crippen LogP contribution < -0.4 is 0 Å². The molecule has 0 amide bonds. The summed E-state index contributed by atoms with van der Waals surface area (Å²) in [6, 6.07) is 46.6. The Balaban J connectivity index is 1.21. The Bertz CT molecular complexity index is 2720. The van der Waals surface area contributed by atoms with Crippen LogP contribution in [0.4, 0.5) is 0 Å². The van der Waals surface area contributed by atoms with E-state index in [-0.39, 0.29) is 29.7 Å². The van der Waals surface area contributed by atoms with Crippen LogP contribution in [0.5, 0.6) is 0 Å². The molecule has 45 heavy (non-hydrogen) atoms. The van der Waals surface area contributed by atoms with Gasteiger partial charge in [0.15, 0.2) is 0 Å². The molecule has 0 fully saturated rings. The lowest BCUT2D eigenvalue weighted by molar-refractivity contribution is 0.669. The average molecular weight is 578 g/mol. The zero-order valence-electron chi connectivity index (χ0n) is 29.2. The number of benzene rings is 8. The normalized spacial score (nSPS) is 13.1. The van der Waals surface area contributed by atoms with E-state index in [0.717, 1.165) is 38.2 Å². The van der Waals surface area contributed by atoms with Crippen LogP contribution in [0.3, 0.4) is 0 Å². The van der Waals surface area contributed by atoms with Crippen molar-refractivity contribution >= 4 is 43.5 Å². The molecule has 0 N–H and O–H groups in total. The van der Waals surface area contributed by atoms with Crippen molar-refractivity contribution in [3.8, 4) is 44.5 Å². The van der Waals surface area contributed by atoms with Gasteiger partial charge in [0.2, 0.25) is 0 Å². The molecule has 1 aromatic heterocycles. The van der Waals surface area contributed by atoms with Gasteiger partial charge in [-0.2, -0.15) is 0 Å². The monoisotopic (exact) mass is 577 g/mol. The quantitative estimate of drug-likeness (QED) is 0.190. The van der Waals surface area contributed by atoms with Gasteiger partial charge < -0.3 is 4.42 Å². The van der Waals surface area contributed by atoms with Crippen LogP contribution >= 0.6 is 0 Å². The summed E-state index contributed by atoms with van der Waals surface area (Å²) >= 11 is 0. The molecule has 1 heterocycles. The van der Waals surface area contributed by atoms with Gasteiger partial charge in [-0.05, 0) is 90.3 Å². The Morgan fingerprint density at radius 3 is 1.38 bits per heavy atom. The fourth-order valence-corrected chi connectivity index (χ4v) is 6.69. The summed E-state index contributed by atoms with van der Waals surface area (Å²) in [6.45, 7) is 0. The maximum Gasteiger partial charge on any atom is 0.136 e. The second kappa shape index (κ2) is 10.4. The van der Waals surface area contributed by atoms with Crippen molar-refractivity contribution in [2.45, 2.75) is 0 Å². The van der Waals surface area contributed by atoms with E-state index in [1.54, 1.807) is 12.1 Å². The molecule has 0 spiro atoms. The van der Waals surface area contributed by atoms with Crippen molar-refractivity contribution in [3.63, 3.8) is 0 Å². The van der Waals surface area contributed by atoms with Gasteiger partial charge in [-0.15, -0.1) is 0 Å². The summed E-state index contributed by atoms with van der Waals surface area (Å²) in [6.07, 6.45) is 0. The molecule has 0 aliphatic heterocycles. The molecule has 0 unspecified atom stereocenters. The van der Waals surface area contributed by atoms with Gasteiger partial charge in [0.05, 0.1) is 6.85 Å². The van der Waals surface area contributed by atoms with Gasteiger partial charge in [-0.3, -0.25) is 0 Å². The second-order valence-corrected chi connectivity index (χ2v) is 11.3. The lowest BCUT2D eigenvalue weighted by Crippen LogP contribution is -1.91. The molecule has 9 rings (SSSR count). The molecule has 1 nitrogen and oxygen atoms in total. The van der Waals surface area contributed by atoms with Crippen LogP contribution in [0.2, 0.25) is 0 Å². The van der Waals surface area contributed by atoms with Gasteiger partial charge in [0.1, 0.15) is 11.2 Å². The van der Waals surface area contributed by atoms with Gasteiger partial charge in [-0.25, -0.2) is 0 Å². The predicted octanol–water partition coefficient (Wildman–Crippen LogP) is 12.6. The molecule has 0 saturated carbocycles. The standard InChI is InChI=1S/C44H28O/c1-3-11-29(12-4-1)31-19-21-32(22-20-31)43-37-15-7-9-17-39(37)44(40-18-10-8-16-38(40)43)34-24-26-36-35-25-23-33(30-13-5-2-6-14-30)27-41(35)45-42(36)28-34/h1-28H/i2D,5D,6D,13D,14D. The van der Waals surface area contributed by atoms with Crippen molar-refractivity contribution in [2.75, 3.05) is 0 Å². The van der Waals surface area contributed by atoms with E-state index in [2.05, 4.69) is 115 Å². The van der Waals surface area contributed by atoms with Crippen molar-refractivity contribution in [2.24, 2.45) is 0 Å². The molecule has 0 radical (unpaired) electrons. The highest BCUT2D eigenvalue weighted by molar-refractivity contribution is 6.22. The maximum absolute atomic E-state index is 8.46. The third-order valence-electron chi connectivity index (χ3n) is 8.76. The summed E-state index contributed by atoms with van der Waals surface area (Å²) in [4.78, 5) is 0. The first-order valence-corrected chi connectivity index (χ1v) is 15.0.